The SMILES string of the molecule is CCc1cc(Cc2cc(CC)c(OC(CC)C3CO3)c(CC)c2)cc(CC)c1OC(CC)C1CO1. The molecular weight excluding hydrogens is 436 g/mol. The van der Waals surface area contributed by atoms with Gasteiger partial charge in [-0.3, -0.25) is 0 Å². The minimum atomic E-state index is 0.149. The predicted octanol–water partition coefficient (Wildman–Crippen LogP) is 6.64. The molecule has 0 spiro atoms. The van der Waals surface area contributed by atoms with Crippen LogP contribution in [0.4, 0.5) is 0 Å². The monoisotopic (exact) mass is 480 g/mol. The van der Waals surface area contributed by atoms with Crippen molar-refractivity contribution >= 4 is 0 Å². The Morgan fingerprint density at radius 3 is 1.17 bits per heavy atom. The fourth-order valence-electron chi connectivity index (χ4n) is 5.13. The van der Waals surface area contributed by atoms with E-state index in [9.17, 15) is 0 Å². The third-order valence-corrected chi connectivity index (χ3v) is 7.43. The topological polar surface area (TPSA) is 43.5 Å². The number of hydrogen-bond acceptors (Lipinski definition) is 4. The first-order chi connectivity index (χ1) is 17.0. The van der Waals surface area contributed by atoms with Crippen LogP contribution in [0.5, 0.6) is 11.5 Å². The van der Waals surface area contributed by atoms with Gasteiger partial charge in [0.05, 0.1) is 13.2 Å². The van der Waals surface area contributed by atoms with Gasteiger partial charge < -0.3 is 18.9 Å². The highest BCUT2D eigenvalue weighted by atomic mass is 16.6. The van der Waals surface area contributed by atoms with Gasteiger partial charge in [0, 0.05) is 0 Å². The molecule has 2 fully saturated rings. The zero-order valence-electron chi connectivity index (χ0n) is 22.6. The number of aryl methyl sites for hydroxylation is 4. The Bertz CT molecular complexity index is 860. The molecule has 2 aromatic rings. The first-order valence-electron chi connectivity index (χ1n) is 13.9. The van der Waals surface area contributed by atoms with E-state index in [0.29, 0.717) is 0 Å². The molecule has 4 nitrogen and oxygen atoms in total. The molecular formula is C31H44O4. The van der Waals surface area contributed by atoms with Gasteiger partial charge in [-0.05, 0) is 78.3 Å². The lowest BCUT2D eigenvalue weighted by molar-refractivity contribution is 0.152. The second kappa shape index (κ2) is 11.8. The zero-order chi connectivity index (χ0) is 24.9. The van der Waals surface area contributed by atoms with Crippen LogP contribution in [0, 0.1) is 0 Å². The lowest BCUT2D eigenvalue weighted by Crippen LogP contribution is -2.23. The Morgan fingerprint density at radius 1 is 0.629 bits per heavy atom. The van der Waals surface area contributed by atoms with Crippen molar-refractivity contribution in [2.24, 2.45) is 0 Å². The van der Waals surface area contributed by atoms with E-state index in [2.05, 4.69) is 65.8 Å². The molecule has 0 N–H and O–H groups in total. The Hall–Kier alpha value is -2.04. The summed E-state index contributed by atoms with van der Waals surface area (Å²) in [5, 5.41) is 0. The van der Waals surface area contributed by atoms with Gasteiger partial charge in [-0.1, -0.05) is 65.8 Å². The van der Waals surface area contributed by atoms with Crippen molar-refractivity contribution in [1.29, 1.82) is 0 Å². The highest BCUT2D eigenvalue weighted by Gasteiger charge is 2.35. The van der Waals surface area contributed by atoms with Crippen LogP contribution < -0.4 is 9.47 Å². The highest BCUT2D eigenvalue weighted by molar-refractivity contribution is 5.49. The maximum absolute atomic E-state index is 6.55. The summed E-state index contributed by atoms with van der Waals surface area (Å²) < 4.78 is 24.2. The van der Waals surface area contributed by atoms with Crippen molar-refractivity contribution in [3.05, 3.63) is 57.6 Å². The Labute approximate surface area is 212 Å². The third kappa shape index (κ3) is 6.21. The second-order valence-corrected chi connectivity index (χ2v) is 9.95. The maximum atomic E-state index is 6.55. The number of hydrogen-bond donors (Lipinski definition) is 0. The van der Waals surface area contributed by atoms with Crippen molar-refractivity contribution < 1.29 is 18.9 Å². The molecule has 2 aliphatic rings. The summed E-state index contributed by atoms with van der Waals surface area (Å²) in [6, 6.07) is 9.42. The molecule has 2 heterocycles. The van der Waals surface area contributed by atoms with Crippen molar-refractivity contribution in [2.75, 3.05) is 13.2 Å². The smallest absolute Gasteiger partial charge is 0.127 e. The van der Waals surface area contributed by atoms with Crippen LogP contribution >= 0.6 is 0 Å². The van der Waals surface area contributed by atoms with E-state index in [1.165, 1.54) is 33.4 Å². The fourth-order valence-corrected chi connectivity index (χ4v) is 5.13. The zero-order valence-corrected chi connectivity index (χ0v) is 22.6. The third-order valence-electron chi connectivity index (χ3n) is 7.43. The van der Waals surface area contributed by atoms with Crippen LogP contribution in [0.2, 0.25) is 0 Å². The van der Waals surface area contributed by atoms with Crippen LogP contribution in [0.15, 0.2) is 24.3 Å². The van der Waals surface area contributed by atoms with Crippen LogP contribution in [0.1, 0.15) is 87.8 Å². The van der Waals surface area contributed by atoms with Gasteiger partial charge in [0.1, 0.15) is 35.9 Å². The molecule has 192 valence electrons. The van der Waals surface area contributed by atoms with Crippen molar-refractivity contribution in [3.63, 3.8) is 0 Å². The number of epoxide rings is 2. The van der Waals surface area contributed by atoms with Crippen LogP contribution in [0.3, 0.4) is 0 Å². The molecule has 4 rings (SSSR count). The summed E-state index contributed by atoms with van der Waals surface area (Å²) in [6.07, 6.45) is 7.54. The Balaban J connectivity index is 1.61. The summed E-state index contributed by atoms with van der Waals surface area (Å²) in [7, 11) is 0. The van der Waals surface area contributed by atoms with E-state index in [1.54, 1.807) is 0 Å². The summed E-state index contributed by atoms with van der Waals surface area (Å²) in [5.74, 6) is 2.17. The molecule has 0 bridgehead atoms. The van der Waals surface area contributed by atoms with E-state index in [1.807, 2.05) is 0 Å². The average Bonchev–Trinajstić information content (AvgIpc) is 3.79. The van der Waals surface area contributed by atoms with Gasteiger partial charge in [0.25, 0.3) is 0 Å². The standard InChI is InChI=1S/C31H44O4/c1-7-22-14-20(15-23(8-2)30(22)34-26(11-5)28-18-32-28)13-21-16-24(9-3)31(25(10-4)17-21)35-27(12-6)29-19-33-29/h14-17,26-29H,7-13,18-19H2,1-6H3. The van der Waals surface area contributed by atoms with Gasteiger partial charge in [-0.15, -0.1) is 0 Å². The number of ether oxygens (including phenoxy) is 4. The lowest BCUT2D eigenvalue weighted by Gasteiger charge is -2.23. The minimum Gasteiger partial charge on any atom is -0.487 e. The van der Waals surface area contributed by atoms with Gasteiger partial charge in [-0.2, -0.15) is 0 Å². The average molecular weight is 481 g/mol. The molecule has 2 aliphatic heterocycles. The lowest BCUT2D eigenvalue weighted by atomic mass is 9.93. The molecule has 0 aromatic heterocycles. The first kappa shape index (κ1) is 26.0. The second-order valence-electron chi connectivity index (χ2n) is 9.95. The molecule has 0 amide bonds. The molecule has 35 heavy (non-hydrogen) atoms. The van der Waals surface area contributed by atoms with Gasteiger partial charge in [-0.25, -0.2) is 0 Å². The van der Waals surface area contributed by atoms with E-state index >= 15 is 0 Å². The molecule has 0 saturated carbocycles. The number of rotatable bonds is 14. The minimum absolute atomic E-state index is 0.149. The molecule has 0 radical (unpaired) electrons. The van der Waals surface area contributed by atoms with Crippen molar-refractivity contribution in [1.82, 2.24) is 0 Å². The molecule has 4 atom stereocenters. The normalized spacial score (nSPS) is 20.4. The van der Waals surface area contributed by atoms with E-state index in [-0.39, 0.29) is 24.4 Å². The van der Waals surface area contributed by atoms with Gasteiger partial charge in [0.2, 0.25) is 0 Å². The molecule has 2 aromatic carbocycles. The molecule has 4 unspecified atom stereocenters. The predicted molar refractivity (Wildman–Crippen MR) is 142 cm³/mol. The van der Waals surface area contributed by atoms with Crippen LogP contribution in [0.25, 0.3) is 0 Å². The van der Waals surface area contributed by atoms with Gasteiger partial charge in [0.15, 0.2) is 0 Å². The summed E-state index contributed by atoms with van der Waals surface area (Å²) >= 11 is 0. The van der Waals surface area contributed by atoms with E-state index in [4.69, 9.17) is 18.9 Å². The maximum Gasteiger partial charge on any atom is 0.127 e. The largest absolute Gasteiger partial charge is 0.487 e. The summed E-state index contributed by atoms with van der Waals surface area (Å²) in [6.45, 7) is 14.9. The fraction of sp³-hybridized carbons (Fsp3) is 0.613. The molecule has 0 aliphatic carbocycles. The quantitative estimate of drug-likeness (QED) is 0.284. The Morgan fingerprint density at radius 2 is 0.943 bits per heavy atom. The van der Waals surface area contributed by atoms with Crippen LogP contribution in [-0.4, -0.2) is 37.6 Å². The van der Waals surface area contributed by atoms with E-state index in [0.717, 1.165) is 69.7 Å². The highest BCUT2D eigenvalue weighted by Crippen LogP contribution is 2.35. The summed E-state index contributed by atoms with van der Waals surface area (Å²) in [5.41, 5.74) is 7.94. The summed E-state index contributed by atoms with van der Waals surface area (Å²) in [4.78, 5) is 0. The Kier molecular flexibility index (Phi) is 8.77. The van der Waals surface area contributed by atoms with Crippen molar-refractivity contribution in [3.8, 4) is 11.5 Å². The molecule has 2 saturated heterocycles. The van der Waals surface area contributed by atoms with Crippen LogP contribution in [-0.2, 0) is 41.6 Å². The molecule has 4 heteroatoms. The van der Waals surface area contributed by atoms with Crippen molar-refractivity contribution in [2.45, 2.75) is 111 Å². The van der Waals surface area contributed by atoms with E-state index < -0.39 is 0 Å². The first-order valence-corrected chi connectivity index (χ1v) is 13.9. The van der Waals surface area contributed by atoms with Gasteiger partial charge >= 0.3 is 0 Å². The number of benzene rings is 2.